The van der Waals surface area contributed by atoms with Crippen LogP contribution in [0.15, 0.2) is 12.1 Å². The minimum absolute atomic E-state index is 0.0730. The molecular weight excluding hydrogens is 270 g/mol. The fourth-order valence-corrected chi connectivity index (χ4v) is 3.32. The van der Waals surface area contributed by atoms with E-state index in [1.165, 1.54) is 22.5 Å². The van der Waals surface area contributed by atoms with Gasteiger partial charge in [0.25, 0.3) is 0 Å². The highest BCUT2D eigenvalue weighted by Gasteiger charge is 2.22. The summed E-state index contributed by atoms with van der Waals surface area (Å²) < 4.78 is 0. The van der Waals surface area contributed by atoms with Crippen LogP contribution in [-0.2, 0) is 17.6 Å². The Balaban J connectivity index is 2.23. The molecule has 3 N–H and O–H groups in total. The van der Waals surface area contributed by atoms with Gasteiger partial charge in [-0.3, -0.25) is 4.79 Å². The number of anilines is 2. The highest BCUT2D eigenvalue weighted by atomic mass is 32.1. The van der Waals surface area contributed by atoms with Gasteiger partial charge >= 0.3 is 0 Å². The number of nitrogen functional groups attached to an aromatic ring is 1. The molecule has 0 spiro atoms. The number of nitrogens with one attached hydrogen (secondary N) is 1. The van der Waals surface area contributed by atoms with Crippen LogP contribution >= 0.6 is 11.3 Å². The molecule has 0 radical (unpaired) electrons. The lowest BCUT2D eigenvalue weighted by molar-refractivity contribution is -0.116. The molecular formula is C15H17N3OS. The molecule has 104 valence electrons. The highest BCUT2D eigenvalue weighted by molar-refractivity contribution is 7.15. The average molecular weight is 287 g/mol. The van der Waals surface area contributed by atoms with Crippen LogP contribution in [0.4, 0.5) is 10.8 Å². The maximum absolute atomic E-state index is 11.7. The lowest BCUT2D eigenvalue weighted by atomic mass is 9.93. The smallest absolute Gasteiger partial charge is 0.224 e. The number of thiazole rings is 1. The second-order valence-corrected chi connectivity index (χ2v) is 6.27. The maximum atomic E-state index is 11.7. The number of rotatable bonds is 2. The number of carbonyl (C=O) groups is 1. The predicted octanol–water partition coefficient (Wildman–Crippen LogP) is 3.15. The van der Waals surface area contributed by atoms with E-state index in [9.17, 15) is 4.79 Å². The Labute approximate surface area is 122 Å². The molecule has 0 atom stereocenters. The van der Waals surface area contributed by atoms with E-state index in [4.69, 9.17) is 5.73 Å². The Morgan fingerprint density at radius 2 is 2.20 bits per heavy atom. The number of hydrogen-bond acceptors (Lipinski definition) is 4. The number of aryl methyl sites for hydroxylation is 3. The third-order valence-corrected chi connectivity index (χ3v) is 4.44. The molecule has 1 aliphatic heterocycles. The van der Waals surface area contributed by atoms with E-state index in [1.807, 2.05) is 6.92 Å². The van der Waals surface area contributed by atoms with Gasteiger partial charge in [0.1, 0.15) is 0 Å². The highest BCUT2D eigenvalue weighted by Crippen LogP contribution is 2.38. The number of amides is 1. The van der Waals surface area contributed by atoms with E-state index < -0.39 is 0 Å². The number of hydrogen-bond donors (Lipinski definition) is 2. The number of benzene rings is 1. The van der Waals surface area contributed by atoms with Crippen molar-refractivity contribution >= 4 is 28.1 Å². The second-order valence-electron chi connectivity index (χ2n) is 5.04. The summed E-state index contributed by atoms with van der Waals surface area (Å²) in [5.41, 5.74) is 11.1. The second kappa shape index (κ2) is 4.90. The standard InChI is InChI=1S/C15H17N3OS/c1-3-9-6-10-4-5-12(19)17-14(10)11(7-9)13-8(2)20-15(16)18-13/h6-7H,3-5H2,1-2H3,(H2,16,18)(H,17,19). The van der Waals surface area contributed by atoms with E-state index in [2.05, 4.69) is 29.4 Å². The van der Waals surface area contributed by atoms with Gasteiger partial charge in [-0.2, -0.15) is 0 Å². The summed E-state index contributed by atoms with van der Waals surface area (Å²) in [5.74, 6) is 0.0730. The molecule has 1 aromatic heterocycles. The van der Waals surface area contributed by atoms with Crippen LogP contribution in [0.3, 0.4) is 0 Å². The number of fused-ring (bicyclic) bond motifs is 1. The van der Waals surface area contributed by atoms with Crippen molar-refractivity contribution in [1.29, 1.82) is 0 Å². The summed E-state index contributed by atoms with van der Waals surface area (Å²) in [6.07, 6.45) is 2.31. The van der Waals surface area contributed by atoms with E-state index >= 15 is 0 Å². The van der Waals surface area contributed by atoms with Gasteiger partial charge in [-0.25, -0.2) is 4.98 Å². The SMILES string of the molecule is CCc1cc2c(c(-c3nc(N)sc3C)c1)NC(=O)CC2. The van der Waals surface area contributed by atoms with Gasteiger partial charge in [-0.1, -0.05) is 13.0 Å². The van der Waals surface area contributed by atoms with Crippen LogP contribution in [0.25, 0.3) is 11.3 Å². The van der Waals surface area contributed by atoms with Crippen LogP contribution < -0.4 is 11.1 Å². The first kappa shape index (κ1) is 13.1. The van der Waals surface area contributed by atoms with E-state index in [-0.39, 0.29) is 5.91 Å². The minimum Gasteiger partial charge on any atom is -0.375 e. The molecule has 0 aliphatic carbocycles. The molecule has 0 unspecified atom stereocenters. The number of carbonyl (C=O) groups excluding carboxylic acids is 1. The van der Waals surface area contributed by atoms with Gasteiger partial charge < -0.3 is 11.1 Å². The molecule has 1 aromatic carbocycles. The third-order valence-electron chi connectivity index (χ3n) is 3.64. The van der Waals surface area contributed by atoms with Gasteiger partial charge in [0.15, 0.2) is 5.13 Å². The number of aromatic nitrogens is 1. The van der Waals surface area contributed by atoms with Crippen molar-refractivity contribution in [3.8, 4) is 11.3 Å². The van der Waals surface area contributed by atoms with Crippen LogP contribution in [0.2, 0.25) is 0 Å². The summed E-state index contributed by atoms with van der Waals surface area (Å²) in [6.45, 7) is 4.15. The van der Waals surface area contributed by atoms with Crippen molar-refractivity contribution in [1.82, 2.24) is 4.98 Å². The Morgan fingerprint density at radius 1 is 1.40 bits per heavy atom. The van der Waals surface area contributed by atoms with Crippen molar-refractivity contribution in [3.63, 3.8) is 0 Å². The van der Waals surface area contributed by atoms with Crippen molar-refractivity contribution < 1.29 is 4.79 Å². The molecule has 20 heavy (non-hydrogen) atoms. The molecule has 2 aromatic rings. The molecule has 0 saturated heterocycles. The van der Waals surface area contributed by atoms with Gasteiger partial charge in [0, 0.05) is 16.9 Å². The third kappa shape index (κ3) is 2.18. The van der Waals surface area contributed by atoms with Crippen molar-refractivity contribution in [2.24, 2.45) is 0 Å². The lowest BCUT2D eigenvalue weighted by Gasteiger charge is -2.21. The molecule has 1 amide bonds. The predicted molar refractivity (Wildman–Crippen MR) is 83.0 cm³/mol. The van der Waals surface area contributed by atoms with E-state index in [0.717, 1.165) is 34.7 Å². The number of nitrogens with zero attached hydrogens (tertiary/aromatic N) is 1. The van der Waals surface area contributed by atoms with Crippen LogP contribution in [0.5, 0.6) is 0 Å². The molecule has 4 nitrogen and oxygen atoms in total. The Hall–Kier alpha value is -1.88. The molecule has 1 aliphatic rings. The molecule has 3 rings (SSSR count). The van der Waals surface area contributed by atoms with Crippen LogP contribution in [0.1, 0.15) is 29.3 Å². The van der Waals surface area contributed by atoms with Crippen LogP contribution in [0, 0.1) is 6.92 Å². The zero-order valence-corrected chi connectivity index (χ0v) is 12.4. The fourth-order valence-electron chi connectivity index (χ4n) is 2.62. The molecule has 0 saturated carbocycles. The Morgan fingerprint density at radius 3 is 2.85 bits per heavy atom. The largest absolute Gasteiger partial charge is 0.375 e. The zero-order chi connectivity index (χ0) is 14.3. The van der Waals surface area contributed by atoms with E-state index in [1.54, 1.807) is 0 Å². The van der Waals surface area contributed by atoms with Crippen molar-refractivity contribution in [2.75, 3.05) is 11.1 Å². The summed E-state index contributed by atoms with van der Waals surface area (Å²) in [6, 6.07) is 4.30. The molecule has 0 bridgehead atoms. The first-order valence-corrected chi connectivity index (χ1v) is 7.59. The topological polar surface area (TPSA) is 68.0 Å². The lowest BCUT2D eigenvalue weighted by Crippen LogP contribution is -2.20. The first-order valence-electron chi connectivity index (χ1n) is 6.77. The summed E-state index contributed by atoms with van der Waals surface area (Å²) >= 11 is 1.48. The van der Waals surface area contributed by atoms with E-state index in [0.29, 0.717) is 11.6 Å². The summed E-state index contributed by atoms with van der Waals surface area (Å²) in [4.78, 5) is 17.2. The van der Waals surface area contributed by atoms with Gasteiger partial charge in [-0.15, -0.1) is 11.3 Å². The van der Waals surface area contributed by atoms with Crippen molar-refractivity contribution in [3.05, 3.63) is 28.1 Å². The first-order chi connectivity index (χ1) is 9.58. The summed E-state index contributed by atoms with van der Waals surface area (Å²) in [5, 5.41) is 3.56. The van der Waals surface area contributed by atoms with Gasteiger partial charge in [0.2, 0.25) is 5.91 Å². The summed E-state index contributed by atoms with van der Waals surface area (Å²) in [7, 11) is 0. The average Bonchev–Trinajstić information content (AvgIpc) is 2.76. The zero-order valence-electron chi connectivity index (χ0n) is 11.6. The minimum atomic E-state index is 0.0730. The van der Waals surface area contributed by atoms with Gasteiger partial charge in [0.05, 0.1) is 11.4 Å². The Kier molecular flexibility index (Phi) is 3.22. The van der Waals surface area contributed by atoms with Crippen LogP contribution in [-0.4, -0.2) is 10.9 Å². The molecule has 0 fully saturated rings. The Bertz CT molecular complexity index is 691. The van der Waals surface area contributed by atoms with Gasteiger partial charge in [-0.05, 0) is 37.0 Å². The normalized spacial score (nSPS) is 14.0. The maximum Gasteiger partial charge on any atom is 0.224 e. The quantitative estimate of drug-likeness (QED) is 0.891. The fraction of sp³-hybridized carbons (Fsp3) is 0.333. The van der Waals surface area contributed by atoms with Crippen molar-refractivity contribution in [2.45, 2.75) is 33.1 Å². The number of nitrogens with two attached hydrogens (primary N) is 1. The molecule has 2 heterocycles. The molecule has 5 heteroatoms. The monoisotopic (exact) mass is 287 g/mol.